The van der Waals surface area contributed by atoms with Crippen LogP contribution < -0.4 is 4.90 Å². The van der Waals surface area contributed by atoms with Crippen LogP contribution in [-0.2, 0) is 0 Å². The first kappa shape index (κ1) is 20.0. The molecule has 2 aromatic heterocycles. The second-order valence-electron chi connectivity index (χ2n) is 8.45. The average Bonchev–Trinajstić information content (AvgIpc) is 3.51. The molecule has 7 aromatic rings. The number of nitrogens with zero attached hydrogens (tertiary/aromatic N) is 2. The van der Waals surface area contributed by atoms with Gasteiger partial charge in [0.2, 0.25) is 5.89 Å². The molecule has 4 heteroatoms. The van der Waals surface area contributed by atoms with Crippen LogP contribution in [0.1, 0.15) is 0 Å². The van der Waals surface area contributed by atoms with E-state index in [4.69, 9.17) is 9.40 Å². The van der Waals surface area contributed by atoms with Gasteiger partial charge in [-0.1, -0.05) is 60.7 Å². The Labute approximate surface area is 206 Å². The average molecular weight is 469 g/mol. The van der Waals surface area contributed by atoms with Gasteiger partial charge >= 0.3 is 0 Å². The Hall–Kier alpha value is -4.41. The summed E-state index contributed by atoms with van der Waals surface area (Å²) in [7, 11) is 0. The molecule has 0 aliphatic carbocycles. The van der Waals surface area contributed by atoms with Crippen LogP contribution in [0.25, 0.3) is 42.7 Å². The van der Waals surface area contributed by atoms with Crippen LogP contribution in [-0.4, -0.2) is 4.98 Å². The first-order chi connectivity index (χ1) is 17.3. The fourth-order valence-corrected chi connectivity index (χ4v) is 5.89. The Bertz CT molecular complexity index is 1730. The Morgan fingerprint density at radius 3 is 2.06 bits per heavy atom. The van der Waals surface area contributed by atoms with Gasteiger partial charge in [0.25, 0.3) is 0 Å². The largest absolute Gasteiger partial charge is 0.436 e. The fraction of sp³-hybridized carbons (Fsp3) is 0. The summed E-state index contributed by atoms with van der Waals surface area (Å²) in [6, 6.07) is 42.0. The second kappa shape index (κ2) is 8.12. The molecule has 0 amide bonds. The molecule has 0 radical (unpaired) electrons. The van der Waals surface area contributed by atoms with Crippen molar-refractivity contribution in [3.05, 3.63) is 121 Å². The molecular weight excluding hydrogens is 448 g/mol. The van der Waals surface area contributed by atoms with E-state index in [9.17, 15) is 0 Å². The smallest absolute Gasteiger partial charge is 0.227 e. The van der Waals surface area contributed by atoms with Crippen LogP contribution in [0.15, 0.2) is 126 Å². The predicted octanol–water partition coefficient (Wildman–Crippen LogP) is 9.33. The number of para-hydroxylation sites is 4. The first-order valence-electron chi connectivity index (χ1n) is 11.6. The van der Waals surface area contributed by atoms with Crippen LogP contribution in [0.5, 0.6) is 0 Å². The molecule has 35 heavy (non-hydrogen) atoms. The SMILES string of the molecule is c1ccc(N(c2ccccc2)c2ccc3c(c2)sc2cccc(-c4nc5ccccc5o4)c23)cc1. The summed E-state index contributed by atoms with van der Waals surface area (Å²) in [4.78, 5) is 7.07. The van der Waals surface area contributed by atoms with Crippen LogP contribution >= 0.6 is 11.3 Å². The normalized spacial score (nSPS) is 11.4. The van der Waals surface area contributed by atoms with Gasteiger partial charge in [-0.15, -0.1) is 11.3 Å². The van der Waals surface area contributed by atoms with Crippen molar-refractivity contribution < 1.29 is 4.42 Å². The molecule has 2 heterocycles. The number of anilines is 3. The highest BCUT2D eigenvalue weighted by Gasteiger charge is 2.18. The summed E-state index contributed by atoms with van der Waals surface area (Å²) < 4.78 is 8.60. The Morgan fingerprint density at radius 2 is 1.31 bits per heavy atom. The van der Waals surface area contributed by atoms with Crippen molar-refractivity contribution >= 4 is 59.7 Å². The third-order valence-corrected chi connectivity index (χ3v) is 7.41. The van der Waals surface area contributed by atoms with E-state index in [0.717, 1.165) is 33.7 Å². The van der Waals surface area contributed by atoms with Gasteiger partial charge in [0.05, 0.1) is 0 Å². The van der Waals surface area contributed by atoms with E-state index in [1.807, 2.05) is 24.3 Å². The Kier molecular flexibility index (Phi) is 4.64. The van der Waals surface area contributed by atoms with Crippen molar-refractivity contribution in [3.63, 3.8) is 0 Å². The molecule has 0 spiro atoms. The number of fused-ring (bicyclic) bond motifs is 4. The topological polar surface area (TPSA) is 29.3 Å². The van der Waals surface area contributed by atoms with Crippen molar-refractivity contribution in [2.24, 2.45) is 0 Å². The third kappa shape index (κ3) is 3.38. The number of rotatable bonds is 4. The van der Waals surface area contributed by atoms with Gasteiger partial charge in [-0.05, 0) is 60.7 Å². The quantitative estimate of drug-likeness (QED) is 0.258. The Morgan fingerprint density at radius 1 is 0.600 bits per heavy atom. The lowest BCUT2D eigenvalue weighted by Gasteiger charge is -2.25. The lowest BCUT2D eigenvalue weighted by atomic mass is 10.1. The summed E-state index contributed by atoms with van der Waals surface area (Å²) in [5.74, 6) is 0.663. The highest BCUT2D eigenvalue weighted by Crippen LogP contribution is 2.43. The third-order valence-electron chi connectivity index (χ3n) is 6.29. The molecule has 166 valence electrons. The molecule has 0 atom stereocenters. The maximum atomic E-state index is 6.14. The van der Waals surface area contributed by atoms with Crippen molar-refractivity contribution in [2.75, 3.05) is 4.90 Å². The minimum Gasteiger partial charge on any atom is -0.436 e. The van der Waals surface area contributed by atoms with Crippen LogP contribution in [0, 0.1) is 0 Å². The van der Waals surface area contributed by atoms with Gasteiger partial charge in [-0.25, -0.2) is 4.98 Å². The summed E-state index contributed by atoms with van der Waals surface area (Å²) in [5.41, 5.74) is 6.11. The minimum absolute atomic E-state index is 0.663. The van der Waals surface area contributed by atoms with E-state index in [2.05, 4.69) is 102 Å². The van der Waals surface area contributed by atoms with Crippen molar-refractivity contribution in [2.45, 2.75) is 0 Å². The molecule has 0 unspecified atom stereocenters. The summed E-state index contributed by atoms with van der Waals surface area (Å²) in [6.45, 7) is 0. The first-order valence-corrected chi connectivity index (χ1v) is 12.4. The number of benzene rings is 5. The Balaban J connectivity index is 1.42. The predicted molar refractivity (Wildman–Crippen MR) is 147 cm³/mol. The fourth-order valence-electron chi connectivity index (χ4n) is 4.72. The summed E-state index contributed by atoms with van der Waals surface area (Å²) in [5, 5.41) is 2.41. The lowest BCUT2D eigenvalue weighted by Crippen LogP contribution is -2.09. The van der Waals surface area contributed by atoms with Crippen LogP contribution in [0.4, 0.5) is 17.1 Å². The summed E-state index contributed by atoms with van der Waals surface area (Å²) in [6.07, 6.45) is 0. The standard InChI is InChI=1S/C31H20N2OS/c1-3-10-21(11-4-1)33(22-12-5-2-6-13-22)23-18-19-24-29(20-23)35-28-17-9-14-25(30(24)28)31-32-26-15-7-8-16-27(26)34-31/h1-20H. The molecule has 5 aromatic carbocycles. The molecular formula is C31H20N2OS. The van der Waals surface area contributed by atoms with E-state index in [0.29, 0.717) is 5.89 Å². The van der Waals surface area contributed by atoms with Gasteiger partial charge in [-0.2, -0.15) is 0 Å². The maximum absolute atomic E-state index is 6.14. The van der Waals surface area contributed by atoms with Gasteiger partial charge in [0.15, 0.2) is 5.58 Å². The van der Waals surface area contributed by atoms with E-state index in [1.54, 1.807) is 11.3 Å². The van der Waals surface area contributed by atoms with Crippen LogP contribution in [0.2, 0.25) is 0 Å². The lowest BCUT2D eigenvalue weighted by molar-refractivity contribution is 0.620. The minimum atomic E-state index is 0.663. The molecule has 0 bridgehead atoms. The molecule has 0 saturated carbocycles. The molecule has 3 nitrogen and oxygen atoms in total. The number of hydrogen-bond donors (Lipinski definition) is 0. The van der Waals surface area contributed by atoms with Crippen molar-refractivity contribution in [1.82, 2.24) is 4.98 Å². The molecule has 0 fully saturated rings. The van der Waals surface area contributed by atoms with Crippen molar-refractivity contribution in [1.29, 1.82) is 0 Å². The highest BCUT2D eigenvalue weighted by molar-refractivity contribution is 7.26. The van der Waals surface area contributed by atoms with Crippen LogP contribution in [0.3, 0.4) is 0 Å². The van der Waals surface area contributed by atoms with Gasteiger partial charge < -0.3 is 9.32 Å². The van der Waals surface area contributed by atoms with Gasteiger partial charge in [0.1, 0.15) is 5.52 Å². The highest BCUT2D eigenvalue weighted by atomic mass is 32.1. The summed E-state index contributed by atoms with van der Waals surface area (Å²) >= 11 is 1.80. The number of hydrogen-bond acceptors (Lipinski definition) is 4. The zero-order chi connectivity index (χ0) is 23.2. The second-order valence-corrected chi connectivity index (χ2v) is 9.54. The van der Waals surface area contributed by atoms with E-state index >= 15 is 0 Å². The van der Waals surface area contributed by atoms with Crippen molar-refractivity contribution in [3.8, 4) is 11.5 Å². The maximum Gasteiger partial charge on any atom is 0.227 e. The van der Waals surface area contributed by atoms with Gasteiger partial charge in [0, 0.05) is 42.8 Å². The molecule has 0 aliphatic rings. The molecule has 0 saturated heterocycles. The molecule has 7 rings (SSSR count). The zero-order valence-corrected chi connectivity index (χ0v) is 19.6. The number of oxazole rings is 1. The van der Waals surface area contributed by atoms with E-state index in [1.165, 1.54) is 20.2 Å². The number of thiophene rings is 1. The van der Waals surface area contributed by atoms with E-state index < -0.39 is 0 Å². The monoisotopic (exact) mass is 468 g/mol. The molecule has 0 aliphatic heterocycles. The molecule has 0 N–H and O–H groups in total. The zero-order valence-electron chi connectivity index (χ0n) is 18.8. The van der Waals surface area contributed by atoms with Gasteiger partial charge in [-0.3, -0.25) is 0 Å². The number of aromatic nitrogens is 1. The van der Waals surface area contributed by atoms with E-state index in [-0.39, 0.29) is 0 Å².